The van der Waals surface area contributed by atoms with Crippen molar-refractivity contribution in [2.45, 2.75) is 25.5 Å². The third-order valence-electron chi connectivity index (χ3n) is 2.57. The molecule has 1 unspecified atom stereocenters. The number of ether oxygens (including phenoxy) is 1. The Bertz CT molecular complexity index is 400. The molecule has 0 aromatic rings. The van der Waals surface area contributed by atoms with E-state index < -0.39 is 10.0 Å². The number of piperidine rings is 1. The van der Waals surface area contributed by atoms with Gasteiger partial charge in [-0.3, -0.25) is 4.90 Å². The van der Waals surface area contributed by atoms with E-state index >= 15 is 0 Å². The smallest absolute Gasteiger partial charge is 0.279 e. The van der Waals surface area contributed by atoms with E-state index in [1.54, 1.807) is 0 Å². The Kier molecular flexibility index (Phi) is 2.79. The second-order valence-corrected chi connectivity index (χ2v) is 5.30. The van der Waals surface area contributed by atoms with Crippen LogP contribution in [0.3, 0.4) is 0 Å². The molecule has 1 atom stereocenters. The van der Waals surface area contributed by atoms with E-state index in [0.29, 0.717) is 5.76 Å². The van der Waals surface area contributed by atoms with Crippen molar-refractivity contribution < 1.29 is 13.2 Å². The van der Waals surface area contributed by atoms with Crippen molar-refractivity contribution in [2.24, 2.45) is 4.40 Å². The predicted molar refractivity (Wildman–Crippen MR) is 56.8 cm³/mol. The molecule has 1 fully saturated rings. The van der Waals surface area contributed by atoms with E-state index in [4.69, 9.17) is 4.74 Å². The minimum atomic E-state index is -3.40. The lowest BCUT2D eigenvalue weighted by Crippen LogP contribution is -2.38. The van der Waals surface area contributed by atoms with Gasteiger partial charge in [-0.05, 0) is 26.3 Å². The molecule has 2 rings (SSSR count). The van der Waals surface area contributed by atoms with Crippen LogP contribution in [0.5, 0.6) is 0 Å². The fourth-order valence-electron chi connectivity index (χ4n) is 1.74. The summed E-state index contributed by atoms with van der Waals surface area (Å²) in [5, 5.41) is 1.06. The molecule has 15 heavy (non-hydrogen) atoms. The highest BCUT2D eigenvalue weighted by Crippen LogP contribution is 2.20. The highest BCUT2D eigenvalue weighted by atomic mass is 32.2. The van der Waals surface area contributed by atoms with E-state index in [1.807, 2.05) is 7.05 Å². The monoisotopic (exact) mass is 230 g/mol. The summed E-state index contributed by atoms with van der Waals surface area (Å²) in [6.45, 7) is 0.988. The molecule has 2 aliphatic rings. The molecule has 2 aliphatic heterocycles. The predicted octanol–water partition coefficient (Wildman–Crippen LogP) is 0.700. The standard InChI is InChI=1S/C9H14N2O3S/c1-11-5-3-2-4-9(11)14-8-6-10-15(12,13)7-8/h6-7,9H,2-5H2,1H3. The average Bonchev–Trinajstić information content (AvgIpc) is 2.50. The Balaban J connectivity index is 2.01. The van der Waals surface area contributed by atoms with Gasteiger partial charge >= 0.3 is 0 Å². The first-order chi connectivity index (χ1) is 7.07. The Morgan fingerprint density at radius 1 is 1.53 bits per heavy atom. The SMILES string of the molecule is CN1CCCCC1OC1=CS(=O)(=O)N=C1. The van der Waals surface area contributed by atoms with Crippen LogP contribution >= 0.6 is 0 Å². The molecule has 0 amide bonds. The first kappa shape index (κ1) is 10.6. The highest BCUT2D eigenvalue weighted by molar-refractivity contribution is 7.93. The van der Waals surface area contributed by atoms with Gasteiger partial charge < -0.3 is 4.74 Å². The van der Waals surface area contributed by atoms with Gasteiger partial charge in [0.15, 0.2) is 12.0 Å². The number of hydrogen-bond donors (Lipinski definition) is 0. The van der Waals surface area contributed by atoms with E-state index in [2.05, 4.69) is 9.30 Å². The van der Waals surface area contributed by atoms with Crippen molar-refractivity contribution in [3.63, 3.8) is 0 Å². The van der Waals surface area contributed by atoms with Crippen molar-refractivity contribution in [1.29, 1.82) is 0 Å². The van der Waals surface area contributed by atoms with Crippen LogP contribution in [0.1, 0.15) is 19.3 Å². The molecule has 0 radical (unpaired) electrons. The van der Waals surface area contributed by atoms with Gasteiger partial charge in [0.25, 0.3) is 10.0 Å². The van der Waals surface area contributed by atoms with Crippen molar-refractivity contribution in [2.75, 3.05) is 13.6 Å². The number of allylic oxidation sites excluding steroid dienone is 1. The topological polar surface area (TPSA) is 59.0 Å². The van der Waals surface area contributed by atoms with Crippen LogP contribution in [-0.2, 0) is 14.8 Å². The first-order valence-electron chi connectivity index (χ1n) is 4.96. The maximum atomic E-state index is 11.0. The van der Waals surface area contributed by atoms with Crippen molar-refractivity contribution in [1.82, 2.24) is 4.90 Å². The molecule has 0 bridgehead atoms. The van der Waals surface area contributed by atoms with E-state index in [9.17, 15) is 8.42 Å². The van der Waals surface area contributed by atoms with Gasteiger partial charge in [0.2, 0.25) is 0 Å². The van der Waals surface area contributed by atoms with Gasteiger partial charge in [-0.2, -0.15) is 12.8 Å². The zero-order valence-electron chi connectivity index (χ0n) is 8.59. The zero-order chi connectivity index (χ0) is 10.9. The zero-order valence-corrected chi connectivity index (χ0v) is 9.40. The van der Waals surface area contributed by atoms with E-state index in [0.717, 1.165) is 24.8 Å². The minimum Gasteiger partial charge on any atom is -0.473 e. The van der Waals surface area contributed by atoms with Crippen LogP contribution in [0, 0.1) is 0 Å². The quantitative estimate of drug-likeness (QED) is 0.700. The van der Waals surface area contributed by atoms with Gasteiger partial charge in [-0.15, -0.1) is 0 Å². The molecule has 0 aromatic carbocycles. The maximum Gasteiger partial charge on any atom is 0.279 e. The summed E-state index contributed by atoms with van der Waals surface area (Å²) in [6, 6.07) is 0. The van der Waals surface area contributed by atoms with Gasteiger partial charge in [0.1, 0.15) is 0 Å². The Hall–Kier alpha value is -0.880. The molecule has 0 spiro atoms. The summed E-state index contributed by atoms with van der Waals surface area (Å²) >= 11 is 0. The second kappa shape index (κ2) is 3.94. The second-order valence-electron chi connectivity index (χ2n) is 3.82. The summed E-state index contributed by atoms with van der Waals surface area (Å²) in [7, 11) is -1.42. The van der Waals surface area contributed by atoms with Crippen LogP contribution in [0.15, 0.2) is 15.6 Å². The fourth-order valence-corrected chi connectivity index (χ4v) is 2.46. The van der Waals surface area contributed by atoms with Gasteiger partial charge in [-0.1, -0.05) is 0 Å². The Morgan fingerprint density at radius 3 is 2.93 bits per heavy atom. The lowest BCUT2D eigenvalue weighted by Gasteiger charge is -2.32. The molecule has 0 aliphatic carbocycles. The number of sulfonamides is 1. The molecule has 84 valence electrons. The minimum absolute atomic E-state index is 0.0234. The van der Waals surface area contributed by atoms with Crippen LogP contribution < -0.4 is 0 Å². The number of rotatable bonds is 2. The normalized spacial score (nSPS) is 30.2. The van der Waals surface area contributed by atoms with Crippen molar-refractivity contribution in [3.05, 3.63) is 11.2 Å². The Labute approximate surface area is 89.5 Å². The van der Waals surface area contributed by atoms with Gasteiger partial charge in [-0.25, -0.2) is 0 Å². The molecule has 5 nitrogen and oxygen atoms in total. The fraction of sp³-hybridized carbons (Fsp3) is 0.667. The molecule has 1 saturated heterocycles. The molecule has 0 aromatic heterocycles. The van der Waals surface area contributed by atoms with Crippen molar-refractivity contribution >= 4 is 16.2 Å². The third kappa shape index (κ3) is 2.57. The number of nitrogens with zero attached hydrogens (tertiary/aromatic N) is 2. The van der Waals surface area contributed by atoms with Crippen molar-refractivity contribution in [3.8, 4) is 0 Å². The molecule has 0 N–H and O–H groups in total. The van der Waals surface area contributed by atoms with Gasteiger partial charge in [0.05, 0.1) is 11.6 Å². The summed E-state index contributed by atoms with van der Waals surface area (Å²) < 4.78 is 30.9. The molecule has 0 saturated carbocycles. The summed E-state index contributed by atoms with van der Waals surface area (Å²) in [5.74, 6) is 0.341. The highest BCUT2D eigenvalue weighted by Gasteiger charge is 2.23. The largest absolute Gasteiger partial charge is 0.473 e. The summed E-state index contributed by atoms with van der Waals surface area (Å²) in [4.78, 5) is 2.09. The number of likely N-dealkylation sites (tertiary alicyclic amines) is 1. The first-order valence-corrected chi connectivity index (χ1v) is 6.46. The average molecular weight is 230 g/mol. The van der Waals surface area contributed by atoms with Crippen LogP contribution in [-0.4, -0.2) is 39.4 Å². The summed E-state index contributed by atoms with van der Waals surface area (Å²) in [5.41, 5.74) is 0. The molecular weight excluding hydrogens is 216 g/mol. The third-order valence-corrected chi connectivity index (χ3v) is 3.50. The lowest BCUT2D eigenvalue weighted by atomic mass is 10.1. The molecule has 6 heteroatoms. The van der Waals surface area contributed by atoms with Crippen LogP contribution in [0.4, 0.5) is 0 Å². The molecular formula is C9H14N2O3S. The van der Waals surface area contributed by atoms with Gasteiger partial charge in [0, 0.05) is 6.54 Å². The Morgan fingerprint density at radius 2 is 2.33 bits per heavy atom. The maximum absolute atomic E-state index is 11.0. The lowest BCUT2D eigenvalue weighted by molar-refractivity contribution is -0.0241. The molecule has 2 heterocycles. The number of hydrogen-bond acceptors (Lipinski definition) is 4. The summed E-state index contributed by atoms with van der Waals surface area (Å²) in [6.07, 6.45) is 4.46. The van der Waals surface area contributed by atoms with Crippen LogP contribution in [0.2, 0.25) is 0 Å². The van der Waals surface area contributed by atoms with E-state index in [1.165, 1.54) is 12.6 Å². The van der Waals surface area contributed by atoms with Crippen LogP contribution in [0.25, 0.3) is 0 Å². The van der Waals surface area contributed by atoms with E-state index in [-0.39, 0.29) is 6.23 Å².